The maximum atomic E-state index is 13.3. The molecule has 2 aromatic carbocycles. The van der Waals surface area contributed by atoms with Gasteiger partial charge in [-0.1, -0.05) is 23.7 Å². The molecule has 32 heavy (non-hydrogen) atoms. The average molecular weight is 541 g/mol. The lowest BCUT2D eigenvalue weighted by atomic mass is 10.0. The largest absolute Gasteiger partial charge is 0.483 e. The zero-order valence-corrected chi connectivity index (χ0v) is 20.7. The quantitative estimate of drug-likeness (QED) is 0.336. The van der Waals surface area contributed by atoms with Crippen molar-refractivity contribution in [3.8, 4) is 16.9 Å². The van der Waals surface area contributed by atoms with Gasteiger partial charge in [0.1, 0.15) is 22.1 Å². The van der Waals surface area contributed by atoms with Crippen LogP contribution in [0.25, 0.3) is 11.1 Å². The van der Waals surface area contributed by atoms with E-state index in [2.05, 4.69) is 21.2 Å². The van der Waals surface area contributed by atoms with Crippen molar-refractivity contribution in [3.05, 3.63) is 67.7 Å². The van der Waals surface area contributed by atoms with E-state index in [1.807, 2.05) is 13.8 Å². The van der Waals surface area contributed by atoms with Crippen LogP contribution in [-0.2, 0) is 9.53 Å². The molecular formula is C23H20BrClFNO4S. The maximum Gasteiger partial charge on any atom is 0.341 e. The SMILES string of the molecule is CCOC(=O)c1c(-c2ccc(F)cc2)csc1NC(=O)COc1cc(C)c(Cl)c(C)c1Br. The van der Waals surface area contributed by atoms with Crippen molar-refractivity contribution in [2.24, 2.45) is 0 Å². The van der Waals surface area contributed by atoms with E-state index in [0.717, 1.165) is 11.1 Å². The predicted molar refractivity (Wildman–Crippen MR) is 128 cm³/mol. The van der Waals surface area contributed by atoms with E-state index in [0.29, 0.717) is 31.4 Å². The molecule has 0 radical (unpaired) electrons. The van der Waals surface area contributed by atoms with Crippen LogP contribution in [0.2, 0.25) is 5.02 Å². The first-order valence-corrected chi connectivity index (χ1v) is 11.7. The maximum absolute atomic E-state index is 13.3. The van der Waals surface area contributed by atoms with Crippen LogP contribution in [-0.4, -0.2) is 25.1 Å². The van der Waals surface area contributed by atoms with Gasteiger partial charge in [0.25, 0.3) is 5.91 Å². The third-order valence-corrected chi connectivity index (χ3v) is 7.07. The van der Waals surface area contributed by atoms with Crippen LogP contribution in [0.1, 0.15) is 28.4 Å². The Hall–Kier alpha value is -2.42. The minimum absolute atomic E-state index is 0.178. The summed E-state index contributed by atoms with van der Waals surface area (Å²) in [5.41, 5.74) is 3.05. The second-order valence-electron chi connectivity index (χ2n) is 6.86. The van der Waals surface area contributed by atoms with E-state index in [1.165, 1.54) is 23.5 Å². The molecule has 0 unspecified atom stereocenters. The van der Waals surface area contributed by atoms with Crippen LogP contribution >= 0.6 is 38.9 Å². The number of benzene rings is 2. The highest BCUT2D eigenvalue weighted by atomic mass is 79.9. The number of halogens is 3. The van der Waals surface area contributed by atoms with Gasteiger partial charge in [-0.05, 0) is 71.6 Å². The monoisotopic (exact) mass is 539 g/mol. The summed E-state index contributed by atoms with van der Waals surface area (Å²) in [6.45, 7) is 5.30. The van der Waals surface area contributed by atoms with Crippen molar-refractivity contribution >= 4 is 55.7 Å². The highest BCUT2D eigenvalue weighted by Gasteiger charge is 2.23. The van der Waals surface area contributed by atoms with Gasteiger partial charge in [0.05, 0.1) is 11.1 Å². The van der Waals surface area contributed by atoms with Crippen molar-refractivity contribution < 1.29 is 23.5 Å². The predicted octanol–water partition coefficient (Wildman–Crippen LogP) is 6.78. The fourth-order valence-electron chi connectivity index (χ4n) is 3.01. The van der Waals surface area contributed by atoms with E-state index in [4.69, 9.17) is 21.1 Å². The Labute approximate surface area is 202 Å². The minimum Gasteiger partial charge on any atom is -0.483 e. The lowest BCUT2D eigenvalue weighted by Crippen LogP contribution is -2.21. The summed E-state index contributed by atoms with van der Waals surface area (Å²) in [5.74, 6) is -0.911. The molecule has 1 amide bonds. The number of hydrogen-bond donors (Lipinski definition) is 1. The summed E-state index contributed by atoms with van der Waals surface area (Å²) in [6.07, 6.45) is 0. The topological polar surface area (TPSA) is 64.6 Å². The number of amides is 1. The first kappa shape index (κ1) is 24.2. The summed E-state index contributed by atoms with van der Waals surface area (Å²) in [5, 5.41) is 5.40. The molecule has 0 atom stereocenters. The van der Waals surface area contributed by atoms with Gasteiger partial charge in [0.2, 0.25) is 0 Å². The smallest absolute Gasteiger partial charge is 0.341 e. The minimum atomic E-state index is -0.573. The van der Waals surface area contributed by atoms with E-state index in [-0.39, 0.29) is 24.6 Å². The van der Waals surface area contributed by atoms with Gasteiger partial charge in [0.15, 0.2) is 6.61 Å². The number of rotatable bonds is 7. The number of ether oxygens (including phenoxy) is 2. The Balaban J connectivity index is 1.81. The van der Waals surface area contributed by atoms with Gasteiger partial charge in [-0.3, -0.25) is 4.79 Å². The summed E-state index contributed by atoms with van der Waals surface area (Å²) < 4.78 is 24.8. The fraction of sp³-hybridized carbons (Fsp3) is 0.217. The number of aryl methyl sites for hydroxylation is 1. The lowest BCUT2D eigenvalue weighted by Gasteiger charge is -2.13. The van der Waals surface area contributed by atoms with Crippen LogP contribution < -0.4 is 10.1 Å². The Bertz CT molecular complexity index is 1160. The van der Waals surface area contributed by atoms with Crippen LogP contribution in [0.3, 0.4) is 0 Å². The Morgan fingerprint density at radius 1 is 1.22 bits per heavy atom. The number of esters is 1. The molecule has 0 aliphatic carbocycles. The lowest BCUT2D eigenvalue weighted by molar-refractivity contribution is -0.118. The molecule has 0 bridgehead atoms. The van der Waals surface area contributed by atoms with Crippen LogP contribution in [0.15, 0.2) is 40.2 Å². The van der Waals surface area contributed by atoms with Crippen molar-refractivity contribution in [1.29, 1.82) is 0 Å². The normalized spacial score (nSPS) is 10.7. The van der Waals surface area contributed by atoms with E-state index < -0.39 is 11.9 Å². The Morgan fingerprint density at radius 3 is 2.56 bits per heavy atom. The summed E-state index contributed by atoms with van der Waals surface area (Å²) in [7, 11) is 0. The molecule has 0 spiro atoms. The highest BCUT2D eigenvalue weighted by molar-refractivity contribution is 9.10. The second-order valence-corrected chi connectivity index (χ2v) is 8.91. The van der Waals surface area contributed by atoms with Gasteiger partial charge in [-0.25, -0.2) is 9.18 Å². The van der Waals surface area contributed by atoms with Gasteiger partial charge >= 0.3 is 5.97 Å². The standard InChI is InChI=1S/C23H20BrClFNO4S/c1-4-30-23(29)19-16(14-5-7-15(26)8-6-14)11-32-22(19)27-18(28)10-31-17-9-12(2)21(25)13(3)20(17)24/h5-9,11H,4,10H2,1-3H3,(H,27,28). The molecule has 1 aromatic heterocycles. The van der Waals surface area contributed by atoms with Crippen molar-refractivity contribution in [2.45, 2.75) is 20.8 Å². The Kier molecular flexibility index (Phi) is 7.92. The van der Waals surface area contributed by atoms with Crippen molar-refractivity contribution in [2.75, 3.05) is 18.5 Å². The molecule has 3 rings (SSSR count). The third-order valence-electron chi connectivity index (χ3n) is 4.61. The fourth-order valence-corrected chi connectivity index (χ4v) is 4.67. The zero-order chi connectivity index (χ0) is 23.4. The second kappa shape index (κ2) is 10.5. The molecule has 1 N–H and O–H groups in total. The van der Waals surface area contributed by atoms with Crippen molar-refractivity contribution in [3.63, 3.8) is 0 Å². The van der Waals surface area contributed by atoms with Crippen LogP contribution in [0.5, 0.6) is 5.75 Å². The van der Waals surface area contributed by atoms with E-state index in [9.17, 15) is 14.0 Å². The van der Waals surface area contributed by atoms with Gasteiger partial charge in [-0.15, -0.1) is 11.3 Å². The number of carbonyl (C=O) groups is 2. The van der Waals surface area contributed by atoms with Gasteiger partial charge < -0.3 is 14.8 Å². The molecule has 3 aromatic rings. The number of nitrogens with one attached hydrogen (secondary N) is 1. The molecule has 0 saturated heterocycles. The first-order chi connectivity index (χ1) is 15.2. The number of thiophene rings is 1. The van der Waals surface area contributed by atoms with Gasteiger partial charge in [0, 0.05) is 16.0 Å². The molecule has 0 aliphatic rings. The number of carbonyl (C=O) groups excluding carboxylic acids is 2. The molecule has 1 heterocycles. The molecular weight excluding hydrogens is 521 g/mol. The first-order valence-electron chi connectivity index (χ1n) is 9.65. The van der Waals surface area contributed by atoms with Crippen LogP contribution in [0.4, 0.5) is 9.39 Å². The van der Waals surface area contributed by atoms with Crippen molar-refractivity contribution in [1.82, 2.24) is 0 Å². The van der Waals surface area contributed by atoms with Crippen LogP contribution in [0, 0.1) is 19.7 Å². The average Bonchev–Trinajstić information content (AvgIpc) is 3.18. The summed E-state index contributed by atoms with van der Waals surface area (Å²) in [6, 6.07) is 7.49. The molecule has 0 aliphatic heterocycles. The molecule has 0 fully saturated rings. The highest BCUT2D eigenvalue weighted by Crippen LogP contribution is 2.37. The molecule has 5 nitrogen and oxygen atoms in total. The summed E-state index contributed by atoms with van der Waals surface area (Å²) in [4.78, 5) is 25.2. The third kappa shape index (κ3) is 5.31. The zero-order valence-electron chi connectivity index (χ0n) is 17.6. The summed E-state index contributed by atoms with van der Waals surface area (Å²) >= 11 is 10.8. The molecule has 0 saturated carbocycles. The van der Waals surface area contributed by atoms with E-state index in [1.54, 1.807) is 30.5 Å². The molecule has 9 heteroatoms. The number of hydrogen-bond acceptors (Lipinski definition) is 5. The van der Waals surface area contributed by atoms with E-state index >= 15 is 0 Å². The van der Waals surface area contributed by atoms with Gasteiger partial charge in [-0.2, -0.15) is 0 Å². The molecule has 168 valence electrons. The number of anilines is 1. The Morgan fingerprint density at radius 2 is 1.91 bits per heavy atom.